The van der Waals surface area contributed by atoms with E-state index >= 15 is 0 Å². The fraction of sp³-hybridized carbons (Fsp3) is 0.682. The topological polar surface area (TPSA) is 61.8 Å². The Bertz CT molecular complexity index is 655. The molecule has 5 heteroatoms. The Morgan fingerprint density at radius 3 is 2.67 bits per heavy atom. The van der Waals surface area contributed by atoms with Gasteiger partial charge in [-0.3, -0.25) is 9.69 Å². The largest absolute Gasteiger partial charge is 0.484 e. The molecule has 2 fully saturated rings. The van der Waals surface area contributed by atoms with Gasteiger partial charge in [0, 0.05) is 25.2 Å². The highest BCUT2D eigenvalue weighted by Gasteiger charge is 2.31. The molecule has 1 saturated carbocycles. The molecular formula is C22H32N2O3. The number of benzene rings is 1. The number of carbonyl (C=O) groups is 1. The minimum atomic E-state index is -0.175. The first kappa shape index (κ1) is 18.8. The lowest BCUT2D eigenvalue weighted by molar-refractivity contribution is -0.124. The quantitative estimate of drug-likeness (QED) is 0.833. The van der Waals surface area contributed by atoms with E-state index < -0.39 is 0 Å². The zero-order valence-electron chi connectivity index (χ0n) is 16.2. The third-order valence-corrected chi connectivity index (χ3v) is 6.50. The van der Waals surface area contributed by atoms with E-state index in [-0.39, 0.29) is 24.7 Å². The minimum Gasteiger partial charge on any atom is -0.484 e. The van der Waals surface area contributed by atoms with Gasteiger partial charge in [-0.1, -0.05) is 18.9 Å². The van der Waals surface area contributed by atoms with Crippen molar-refractivity contribution in [1.29, 1.82) is 0 Å². The maximum atomic E-state index is 12.3. The molecule has 3 aliphatic rings. The molecule has 1 aliphatic heterocycles. The smallest absolute Gasteiger partial charge is 0.258 e. The molecule has 1 amide bonds. The number of aryl methyl sites for hydroxylation is 2. The van der Waals surface area contributed by atoms with Crippen molar-refractivity contribution in [3.05, 3.63) is 29.3 Å². The van der Waals surface area contributed by atoms with Crippen molar-refractivity contribution in [3.63, 3.8) is 0 Å². The number of nitrogens with one attached hydrogen (secondary N) is 1. The predicted molar refractivity (Wildman–Crippen MR) is 105 cm³/mol. The molecular weight excluding hydrogens is 340 g/mol. The summed E-state index contributed by atoms with van der Waals surface area (Å²) < 4.78 is 5.71. The van der Waals surface area contributed by atoms with Crippen molar-refractivity contribution < 1.29 is 14.6 Å². The van der Waals surface area contributed by atoms with Crippen LogP contribution in [0, 0.1) is 0 Å². The molecule has 2 unspecified atom stereocenters. The third kappa shape index (κ3) is 4.64. The summed E-state index contributed by atoms with van der Waals surface area (Å²) in [7, 11) is 0. The number of likely N-dealkylation sites (tertiary alicyclic amines) is 1. The number of carbonyl (C=O) groups excluding carboxylic acids is 1. The van der Waals surface area contributed by atoms with E-state index in [9.17, 15) is 9.90 Å². The second kappa shape index (κ2) is 8.61. The molecule has 148 valence electrons. The predicted octanol–water partition coefficient (Wildman–Crippen LogP) is 2.44. The normalized spacial score (nSPS) is 26.6. The van der Waals surface area contributed by atoms with Crippen LogP contribution in [0.5, 0.6) is 5.75 Å². The first-order valence-corrected chi connectivity index (χ1v) is 10.6. The van der Waals surface area contributed by atoms with Crippen molar-refractivity contribution in [2.24, 2.45) is 0 Å². The van der Waals surface area contributed by atoms with Gasteiger partial charge in [-0.2, -0.15) is 0 Å². The highest BCUT2D eigenvalue weighted by atomic mass is 16.5. The van der Waals surface area contributed by atoms with E-state index in [2.05, 4.69) is 22.3 Å². The second-order valence-corrected chi connectivity index (χ2v) is 8.37. The number of amides is 1. The molecule has 1 heterocycles. The summed E-state index contributed by atoms with van der Waals surface area (Å²) >= 11 is 0. The molecule has 0 bridgehead atoms. The first-order valence-electron chi connectivity index (χ1n) is 10.6. The van der Waals surface area contributed by atoms with Gasteiger partial charge in [-0.15, -0.1) is 0 Å². The Labute approximate surface area is 162 Å². The summed E-state index contributed by atoms with van der Waals surface area (Å²) in [5.74, 6) is 0.763. The Balaban J connectivity index is 1.19. The van der Waals surface area contributed by atoms with Crippen LogP contribution >= 0.6 is 0 Å². The monoisotopic (exact) mass is 372 g/mol. The second-order valence-electron chi connectivity index (χ2n) is 8.37. The standard InChI is InChI=1S/C22H32N2O3/c25-21-7-2-1-6-20(21)24-12-10-18(11-13-24)23-22(26)15-27-19-9-8-16-4-3-5-17(16)14-19/h8-9,14,18,20-21,25H,1-7,10-13,15H2,(H,23,26). The number of aliphatic hydroxyl groups excluding tert-OH is 1. The molecule has 0 radical (unpaired) electrons. The minimum absolute atomic E-state index is 0.0355. The van der Waals surface area contributed by atoms with E-state index in [0.717, 1.165) is 63.8 Å². The Hall–Kier alpha value is -1.59. The number of ether oxygens (including phenoxy) is 1. The van der Waals surface area contributed by atoms with Gasteiger partial charge in [0.25, 0.3) is 5.91 Å². The maximum absolute atomic E-state index is 12.3. The lowest BCUT2D eigenvalue weighted by Crippen LogP contribution is -2.52. The van der Waals surface area contributed by atoms with Gasteiger partial charge in [0.15, 0.2) is 6.61 Å². The average Bonchev–Trinajstić information content (AvgIpc) is 3.15. The summed E-state index contributed by atoms with van der Waals surface area (Å²) in [6.07, 6.45) is 9.63. The Morgan fingerprint density at radius 1 is 1.07 bits per heavy atom. The zero-order chi connectivity index (χ0) is 18.6. The summed E-state index contributed by atoms with van der Waals surface area (Å²) in [4.78, 5) is 14.7. The van der Waals surface area contributed by atoms with Crippen LogP contribution in [0.3, 0.4) is 0 Å². The highest BCUT2D eigenvalue weighted by Crippen LogP contribution is 2.27. The van der Waals surface area contributed by atoms with Crippen LogP contribution in [0.15, 0.2) is 18.2 Å². The molecule has 0 spiro atoms. The van der Waals surface area contributed by atoms with Crippen molar-refractivity contribution in [2.75, 3.05) is 19.7 Å². The fourth-order valence-corrected chi connectivity index (χ4v) is 4.95. The number of aliphatic hydroxyl groups is 1. The van der Waals surface area contributed by atoms with Crippen LogP contribution in [0.1, 0.15) is 56.1 Å². The van der Waals surface area contributed by atoms with E-state index in [4.69, 9.17) is 4.74 Å². The van der Waals surface area contributed by atoms with E-state index in [0.29, 0.717) is 6.04 Å². The molecule has 5 nitrogen and oxygen atoms in total. The van der Waals surface area contributed by atoms with E-state index in [1.54, 1.807) is 0 Å². The first-order chi connectivity index (χ1) is 13.2. The molecule has 0 aromatic heterocycles. The Kier molecular flexibility index (Phi) is 5.98. The molecule has 4 rings (SSSR count). The van der Waals surface area contributed by atoms with Gasteiger partial charge in [-0.05, 0) is 68.2 Å². The summed E-state index contributed by atoms with van der Waals surface area (Å²) in [5, 5.41) is 13.4. The van der Waals surface area contributed by atoms with E-state index in [1.807, 2.05) is 6.07 Å². The molecule has 1 aromatic carbocycles. The van der Waals surface area contributed by atoms with Crippen molar-refractivity contribution in [3.8, 4) is 5.75 Å². The van der Waals surface area contributed by atoms with Gasteiger partial charge >= 0.3 is 0 Å². The lowest BCUT2D eigenvalue weighted by Gasteiger charge is -2.41. The van der Waals surface area contributed by atoms with Gasteiger partial charge in [0.1, 0.15) is 5.75 Å². The molecule has 2 aliphatic carbocycles. The van der Waals surface area contributed by atoms with Crippen LogP contribution in [0.4, 0.5) is 0 Å². The van der Waals surface area contributed by atoms with Crippen molar-refractivity contribution >= 4 is 5.91 Å². The number of hydrogen-bond donors (Lipinski definition) is 2. The molecule has 27 heavy (non-hydrogen) atoms. The molecule has 2 N–H and O–H groups in total. The number of hydrogen-bond acceptors (Lipinski definition) is 4. The van der Waals surface area contributed by atoms with Crippen molar-refractivity contribution in [2.45, 2.75) is 76.0 Å². The van der Waals surface area contributed by atoms with Crippen LogP contribution in [0.2, 0.25) is 0 Å². The van der Waals surface area contributed by atoms with Gasteiger partial charge in [-0.25, -0.2) is 0 Å². The number of rotatable bonds is 5. The van der Waals surface area contributed by atoms with Gasteiger partial charge < -0.3 is 15.2 Å². The van der Waals surface area contributed by atoms with Crippen LogP contribution in [-0.2, 0) is 17.6 Å². The van der Waals surface area contributed by atoms with E-state index in [1.165, 1.54) is 24.0 Å². The number of nitrogens with zero attached hydrogens (tertiary/aromatic N) is 1. The average molecular weight is 373 g/mol. The fourth-order valence-electron chi connectivity index (χ4n) is 4.95. The van der Waals surface area contributed by atoms with Crippen LogP contribution < -0.4 is 10.1 Å². The SMILES string of the molecule is O=C(COc1ccc2c(c1)CCC2)NC1CCN(C2CCCCC2O)CC1. The lowest BCUT2D eigenvalue weighted by atomic mass is 9.89. The number of piperidine rings is 1. The van der Waals surface area contributed by atoms with Crippen molar-refractivity contribution in [1.82, 2.24) is 10.2 Å². The molecule has 1 saturated heterocycles. The third-order valence-electron chi connectivity index (χ3n) is 6.50. The molecule has 2 atom stereocenters. The van der Waals surface area contributed by atoms with Gasteiger partial charge in [0.05, 0.1) is 6.10 Å². The highest BCUT2D eigenvalue weighted by molar-refractivity contribution is 5.77. The Morgan fingerprint density at radius 2 is 1.85 bits per heavy atom. The summed E-state index contributed by atoms with van der Waals surface area (Å²) in [6.45, 7) is 2.00. The number of fused-ring (bicyclic) bond motifs is 1. The molecule has 1 aromatic rings. The summed E-state index contributed by atoms with van der Waals surface area (Å²) in [6, 6.07) is 6.73. The van der Waals surface area contributed by atoms with Crippen LogP contribution in [-0.4, -0.2) is 53.8 Å². The zero-order valence-corrected chi connectivity index (χ0v) is 16.2. The van der Waals surface area contributed by atoms with Crippen LogP contribution in [0.25, 0.3) is 0 Å². The van der Waals surface area contributed by atoms with Gasteiger partial charge in [0.2, 0.25) is 0 Å². The summed E-state index contributed by atoms with van der Waals surface area (Å²) in [5.41, 5.74) is 2.78. The maximum Gasteiger partial charge on any atom is 0.258 e.